The molecule has 0 aliphatic carbocycles. The van der Waals surface area contributed by atoms with Gasteiger partial charge in [-0.1, -0.05) is 0 Å². The van der Waals surface area contributed by atoms with E-state index in [9.17, 15) is 96.7 Å². The molecule has 0 bridgehead atoms. The van der Waals surface area contributed by atoms with Crippen molar-refractivity contribution >= 4 is 5.91 Å². The minimum atomic E-state index is -2.57. The summed E-state index contributed by atoms with van der Waals surface area (Å²) in [6, 6.07) is 0. The predicted octanol–water partition coefficient (Wildman–Crippen LogP) is -13.5. The van der Waals surface area contributed by atoms with Crippen molar-refractivity contribution in [1.82, 2.24) is 4.90 Å². The van der Waals surface area contributed by atoms with Crippen LogP contribution in [-0.2, 0) is 38.0 Å². The van der Waals surface area contributed by atoms with Crippen LogP contribution in [0.3, 0.4) is 0 Å². The lowest BCUT2D eigenvalue weighted by molar-refractivity contribution is -0.386. The first-order chi connectivity index (χ1) is 28.3. The highest BCUT2D eigenvalue weighted by Crippen LogP contribution is 2.35. The second-order valence-corrected chi connectivity index (χ2v) is 14.6. The molecule has 4 aliphatic heterocycles. The quantitative estimate of drug-likeness (QED) is 0.0607. The molecule has 24 atom stereocenters. The molecule has 4 saturated heterocycles. The van der Waals surface area contributed by atoms with Crippen LogP contribution in [0.15, 0.2) is 0 Å². The standard InChI is InChI=1S/C32H57NO27/c34-2-1-33(28(53)20(48)15(43)13(41)8(40)3-35)29-21(49)17(45)25(10(5-37)54-29)58-31-23(51)19(47)27(12(7-39)56-31)60-32-24(52)18(46)26(11(6-38)57-32)59-30-22(50)16(44)14(42)9(4-36)55-30/h8-27,29-32,34-52H,1-7H2/t8-,9-,10-,11-,12-,13-,14-,15+,16+,17-,18-,19-,20-,21-,22-,23-,24-,25-,26-,27-,29+,30-,31-,32-/m1/s1. The number of rotatable bonds is 18. The summed E-state index contributed by atoms with van der Waals surface area (Å²) < 4.78 is 38.6. The van der Waals surface area contributed by atoms with Crippen molar-refractivity contribution in [3.63, 3.8) is 0 Å². The molecule has 4 aliphatic rings. The Morgan fingerprint density at radius 2 is 0.867 bits per heavy atom. The lowest BCUT2D eigenvalue weighted by atomic mass is 9.95. The summed E-state index contributed by atoms with van der Waals surface area (Å²) in [5.41, 5.74) is 0. The van der Waals surface area contributed by atoms with Crippen LogP contribution < -0.4 is 0 Å². The number of hydrogen-bond donors (Lipinski definition) is 19. The van der Waals surface area contributed by atoms with Gasteiger partial charge in [0.1, 0.15) is 116 Å². The molecule has 0 spiro atoms. The van der Waals surface area contributed by atoms with Gasteiger partial charge in [-0.3, -0.25) is 4.79 Å². The van der Waals surface area contributed by atoms with Gasteiger partial charge in [0.25, 0.3) is 5.91 Å². The van der Waals surface area contributed by atoms with Crippen molar-refractivity contribution in [2.75, 3.05) is 46.2 Å². The molecular formula is C32H57NO27. The van der Waals surface area contributed by atoms with Crippen LogP contribution in [0.1, 0.15) is 0 Å². The summed E-state index contributed by atoms with van der Waals surface area (Å²) in [6.07, 6.45) is -47.6. The van der Waals surface area contributed by atoms with E-state index in [0.29, 0.717) is 4.90 Å². The van der Waals surface area contributed by atoms with Gasteiger partial charge in [-0.15, -0.1) is 0 Å². The van der Waals surface area contributed by atoms with E-state index in [1.54, 1.807) is 0 Å². The summed E-state index contributed by atoms with van der Waals surface area (Å²) in [4.78, 5) is 13.6. The van der Waals surface area contributed by atoms with Crippen LogP contribution in [0.25, 0.3) is 0 Å². The molecule has 4 rings (SSSR count). The third kappa shape index (κ3) is 10.7. The minimum absolute atomic E-state index is 0.419. The maximum Gasteiger partial charge on any atom is 0.256 e. The summed E-state index contributed by atoms with van der Waals surface area (Å²) in [6.45, 7) is -6.59. The molecule has 0 saturated carbocycles. The van der Waals surface area contributed by atoms with Gasteiger partial charge in [0, 0.05) is 6.54 Å². The molecule has 60 heavy (non-hydrogen) atoms. The average molecular weight is 888 g/mol. The molecule has 28 heteroatoms. The van der Waals surface area contributed by atoms with E-state index in [4.69, 9.17) is 38.3 Å². The first-order valence-corrected chi connectivity index (χ1v) is 18.7. The van der Waals surface area contributed by atoms with Crippen LogP contribution in [0.5, 0.6) is 0 Å². The average Bonchev–Trinajstić information content (AvgIpc) is 3.25. The SMILES string of the molecule is O=C([C@H](O)[C@@H](O)[C@H](O)[C@H](O)CO)N(CCO)[C@H]1O[C@H](CO)[C@@H](O[C@H]2O[C@H](CO)[C@@H](O[C@H]3O[C@H](CO)[C@@H](O[C@H]4O[C@H](CO)[C@@H](O)[C@H](O)[C@H]4O)[C@H](O)[C@H]3O)[C@H](O)[C@H]2O)[C@H](O)[C@H]1O. The van der Waals surface area contributed by atoms with Crippen molar-refractivity contribution in [2.24, 2.45) is 0 Å². The lowest BCUT2D eigenvalue weighted by Crippen LogP contribution is -2.69. The van der Waals surface area contributed by atoms with Crippen molar-refractivity contribution in [3.8, 4) is 0 Å². The molecule has 4 heterocycles. The van der Waals surface area contributed by atoms with E-state index in [-0.39, 0.29) is 0 Å². The van der Waals surface area contributed by atoms with Gasteiger partial charge in [-0.25, -0.2) is 0 Å². The number of carbonyl (C=O) groups is 1. The third-order valence-corrected chi connectivity index (χ3v) is 10.6. The van der Waals surface area contributed by atoms with Crippen molar-refractivity contribution in [3.05, 3.63) is 0 Å². The molecule has 28 nitrogen and oxygen atoms in total. The van der Waals surface area contributed by atoms with Crippen molar-refractivity contribution in [2.45, 2.75) is 147 Å². The second kappa shape index (κ2) is 22.4. The van der Waals surface area contributed by atoms with Crippen LogP contribution in [0.4, 0.5) is 0 Å². The van der Waals surface area contributed by atoms with E-state index in [0.717, 1.165) is 0 Å². The Labute approximate surface area is 339 Å². The molecular weight excluding hydrogens is 830 g/mol. The molecule has 352 valence electrons. The molecule has 19 N–H and O–H groups in total. The van der Waals surface area contributed by atoms with Crippen molar-refractivity contribution < 1.29 is 135 Å². The Morgan fingerprint density at radius 3 is 1.27 bits per heavy atom. The van der Waals surface area contributed by atoms with Crippen LogP contribution in [0.2, 0.25) is 0 Å². The first-order valence-electron chi connectivity index (χ1n) is 18.7. The monoisotopic (exact) mass is 887 g/mol. The Kier molecular flexibility index (Phi) is 19.0. The predicted molar refractivity (Wildman–Crippen MR) is 182 cm³/mol. The number of ether oxygens (including phenoxy) is 7. The smallest absolute Gasteiger partial charge is 0.256 e. The van der Waals surface area contributed by atoms with Gasteiger partial charge in [-0.2, -0.15) is 0 Å². The normalized spacial score (nSPS) is 44.8. The number of carbonyl (C=O) groups excluding carboxylic acids is 1. The number of aliphatic hydroxyl groups is 19. The van der Waals surface area contributed by atoms with E-state index >= 15 is 0 Å². The summed E-state index contributed by atoms with van der Waals surface area (Å²) in [7, 11) is 0. The maximum absolute atomic E-state index is 13.2. The van der Waals surface area contributed by atoms with E-state index in [1.165, 1.54) is 0 Å². The van der Waals surface area contributed by atoms with Crippen LogP contribution >= 0.6 is 0 Å². The Bertz CT molecular complexity index is 1300. The number of hydrogen-bond acceptors (Lipinski definition) is 27. The van der Waals surface area contributed by atoms with Gasteiger partial charge >= 0.3 is 0 Å². The molecule has 0 aromatic heterocycles. The fourth-order valence-corrected chi connectivity index (χ4v) is 7.11. The van der Waals surface area contributed by atoms with Crippen LogP contribution in [0, 0.1) is 0 Å². The molecule has 4 fully saturated rings. The fraction of sp³-hybridized carbons (Fsp3) is 0.969. The van der Waals surface area contributed by atoms with Gasteiger partial charge in [0.05, 0.1) is 39.6 Å². The number of amides is 1. The highest BCUT2D eigenvalue weighted by molar-refractivity contribution is 5.81. The molecule has 0 aromatic carbocycles. The van der Waals surface area contributed by atoms with Gasteiger partial charge in [0.2, 0.25) is 0 Å². The number of aliphatic hydroxyl groups excluding tert-OH is 19. The van der Waals surface area contributed by atoms with E-state index in [2.05, 4.69) is 0 Å². The summed E-state index contributed by atoms with van der Waals surface area (Å²) in [5.74, 6) is -1.53. The maximum atomic E-state index is 13.2. The second-order valence-electron chi connectivity index (χ2n) is 14.6. The highest BCUT2D eigenvalue weighted by Gasteiger charge is 2.56. The summed E-state index contributed by atoms with van der Waals surface area (Å²) in [5, 5.41) is 195. The molecule has 0 aromatic rings. The summed E-state index contributed by atoms with van der Waals surface area (Å²) >= 11 is 0. The van der Waals surface area contributed by atoms with Crippen molar-refractivity contribution in [1.29, 1.82) is 0 Å². The third-order valence-electron chi connectivity index (χ3n) is 10.6. The first kappa shape index (κ1) is 51.1. The molecule has 1 amide bonds. The fourth-order valence-electron chi connectivity index (χ4n) is 7.11. The Morgan fingerprint density at radius 1 is 0.483 bits per heavy atom. The topological polar surface area (TPSA) is 469 Å². The van der Waals surface area contributed by atoms with Crippen LogP contribution in [-0.4, -0.2) is 301 Å². The highest BCUT2D eigenvalue weighted by atomic mass is 16.8. The van der Waals surface area contributed by atoms with E-state index < -0.39 is 199 Å². The Balaban J connectivity index is 1.44. The zero-order valence-electron chi connectivity index (χ0n) is 31.5. The Hall–Kier alpha value is -1.57. The zero-order chi connectivity index (χ0) is 44.9. The minimum Gasteiger partial charge on any atom is -0.395 e. The van der Waals surface area contributed by atoms with Gasteiger partial charge in [-0.05, 0) is 0 Å². The van der Waals surface area contributed by atoms with Gasteiger partial charge in [0.15, 0.2) is 31.2 Å². The molecule has 0 radical (unpaired) electrons. The number of nitrogens with zero attached hydrogens (tertiary/aromatic N) is 1. The lowest BCUT2D eigenvalue weighted by Gasteiger charge is -2.49. The van der Waals surface area contributed by atoms with E-state index in [1.807, 2.05) is 0 Å². The van der Waals surface area contributed by atoms with Gasteiger partial charge < -0.3 is 135 Å². The molecule has 0 unspecified atom stereocenters. The largest absolute Gasteiger partial charge is 0.395 e. The zero-order valence-corrected chi connectivity index (χ0v) is 31.5.